The lowest BCUT2D eigenvalue weighted by Gasteiger charge is -2.58. The highest BCUT2D eigenvalue weighted by Crippen LogP contribution is 2.68. The van der Waals surface area contributed by atoms with E-state index in [4.69, 9.17) is 11.6 Å². The van der Waals surface area contributed by atoms with Crippen LogP contribution in [0.2, 0.25) is 0 Å². The van der Waals surface area contributed by atoms with E-state index < -0.39 is 11.9 Å². The van der Waals surface area contributed by atoms with Gasteiger partial charge in [-0.1, -0.05) is 46.2 Å². The Kier molecular flexibility index (Phi) is 7.15. The minimum Gasteiger partial charge on any atom is -0.481 e. The molecule has 0 saturated heterocycles. The normalized spacial score (nSPS) is 39.3. The first-order valence-corrected chi connectivity index (χ1v) is 14.0. The molecule has 5 heteroatoms. The van der Waals surface area contributed by atoms with Crippen molar-refractivity contribution in [1.29, 1.82) is 0 Å². The molecule has 8 unspecified atom stereocenters. The van der Waals surface area contributed by atoms with Crippen molar-refractivity contribution in [3.63, 3.8) is 0 Å². The molecule has 3 saturated carbocycles. The molecule has 0 spiro atoms. The monoisotopic (exact) mass is 490 g/mol. The molecule has 8 atom stereocenters. The van der Waals surface area contributed by atoms with Gasteiger partial charge in [0.1, 0.15) is 5.78 Å². The average molecular weight is 491 g/mol. The standard InChI is InChI=1S/C29H43ClO4/c1-6-17(16(2)3)25(32)15-19(27(33)34)21-10-9-20-18-7-8-23-26(30)24(31)12-14-29(23,5)22(18)11-13-28(20,21)4/h16-22H,6-15H2,1-5H3,(H,33,34). The van der Waals surface area contributed by atoms with E-state index in [1.807, 2.05) is 6.92 Å². The van der Waals surface area contributed by atoms with Crippen molar-refractivity contribution >= 4 is 29.1 Å². The van der Waals surface area contributed by atoms with E-state index in [2.05, 4.69) is 27.7 Å². The molecule has 4 rings (SSSR count). The average Bonchev–Trinajstić information content (AvgIpc) is 3.12. The first-order valence-electron chi connectivity index (χ1n) is 13.6. The lowest BCUT2D eigenvalue weighted by atomic mass is 9.46. The van der Waals surface area contributed by atoms with E-state index in [0.717, 1.165) is 51.4 Å². The molecule has 0 aromatic carbocycles. The molecule has 3 fully saturated rings. The first kappa shape index (κ1) is 25.9. The number of hydrogen-bond acceptors (Lipinski definition) is 3. The van der Waals surface area contributed by atoms with Crippen molar-refractivity contribution in [3.8, 4) is 0 Å². The Morgan fingerprint density at radius 1 is 1.06 bits per heavy atom. The molecule has 0 aliphatic heterocycles. The molecular formula is C29H43ClO4. The number of rotatable bonds is 7. The van der Waals surface area contributed by atoms with Crippen LogP contribution in [0.4, 0.5) is 0 Å². The van der Waals surface area contributed by atoms with E-state index in [1.54, 1.807) is 0 Å². The summed E-state index contributed by atoms with van der Waals surface area (Å²) >= 11 is 6.54. The van der Waals surface area contributed by atoms with Crippen LogP contribution in [0.5, 0.6) is 0 Å². The third kappa shape index (κ3) is 4.00. The van der Waals surface area contributed by atoms with Gasteiger partial charge in [-0.2, -0.15) is 0 Å². The Labute approximate surface area is 210 Å². The van der Waals surface area contributed by atoms with Gasteiger partial charge in [0, 0.05) is 18.8 Å². The number of carboxylic acid groups (broad SMARTS) is 1. The van der Waals surface area contributed by atoms with Gasteiger partial charge >= 0.3 is 5.97 Å². The van der Waals surface area contributed by atoms with Crippen LogP contribution < -0.4 is 0 Å². The van der Waals surface area contributed by atoms with Gasteiger partial charge in [0.05, 0.1) is 11.0 Å². The fourth-order valence-corrected chi connectivity index (χ4v) is 9.60. The van der Waals surface area contributed by atoms with E-state index >= 15 is 0 Å². The van der Waals surface area contributed by atoms with E-state index in [-0.39, 0.29) is 46.6 Å². The molecule has 0 aromatic heterocycles. The molecule has 4 nitrogen and oxygen atoms in total. The molecule has 0 radical (unpaired) electrons. The molecular weight excluding hydrogens is 448 g/mol. The predicted octanol–water partition coefficient (Wildman–Crippen LogP) is 7.04. The summed E-state index contributed by atoms with van der Waals surface area (Å²) in [4.78, 5) is 37.9. The van der Waals surface area contributed by atoms with Crippen molar-refractivity contribution in [1.82, 2.24) is 0 Å². The maximum Gasteiger partial charge on any atom is 0.307 e. The third-order valence-electron chi connectivity index (χ3n) is 11.0. The van der Waals surface area contributed by atoms with E-state index in [1.165, 1.54) is 5.57 Å². The molecule has 4 aliphatic carbocycles. The fourth-order valence-electron chi connectivity index (χ4n) is 9.19. The molecule has 34 heavy (non-hydrogen) atoms. The van der Waals surface area contributed by atoms with Gasteiger partial charge in [0.2, 0.25) is 0 Å². The number of Topliss-reactive ketones (excluding diaryl/α,β-unsaturated/α-hetero) is 2. The number of halogens is 1. The summed E-state index contributed by atoms with van der Waals surface area (Å²) in [6.07, 6.45) is 8.38. The van der Waals surface area contributed by atoms with Crippen LogP contribution in [0.1, 0.15) is 98.8 Å². The van der Waals surface area contributed by atoms with Gasteiger partial charge in [-0.25, -0.2) is 0 Å². The topological polar surface area (TPSA) is 71.4 Å². The second-order valence-electron chi connectivity index (χ2n) is 12.7. The summed E-state index contributed by atoms with van der Waals surface area (Å²) in [5.41, 5.74) is 1.16. The largest absolute Gasteiger partial charge is 0.481 e. The van der Waals surface area contributed by atoms with Crippen molar-refractivity contribution < 1.29 is 19.5 Å². The number of fused-ring (bicyclic) bond motifs is 5. The van der Waals surface area contributed by atoms with Crippen LogP contribution in [-0.2, 0) is 14.4 Å². The summed E-state index contributed by atoms with van der Waals surface area (Å²) in [7, 11) is 0. The Hall–Kier alpha value is -1.16. The van der Waals surface area contributed by atoms with Crippen molar-refractivity contribution in [3.05, 3.63) is 10.6 Å². The zero-order valence-corrected chi connectivity index (χ0v) is 22.4. The number of allylic oxidation sites excluding steroid dienone is 1. The second kappa shape index (κ2) is 9.37. The van der Waals surface area contributed by atoms with Gasteiger partial charge in [0.15, 0.2) is 5.78 Å². The zero-order valence-electron chi connectivity index (χ0n) is 21.7. The number of carboxylic acids is 1. The van der Waals surface area contributed by atoms with Gasteiger partial charge in [-0.05, 0) is 97.4 Å². The highest BCUT2D eigenvalue weighted by atomic mass is 35.5. The smallest absolute Gasteiger partial charge is 0.307 e. The van der Waals surface area contributed by atoms with Gasteiger partial charge in [-0.15, -0.1) is 0 Å². The first-order chi connectivity index (χ1) is 16.0. The highest BCUT2D eigenvalue weighted by molar-refractivity contribution is 6.43. The van der Waals surface area contributed by atoms with E-state index in [9.17, 15) is 19.5 Å². The summed E-state index contributed by atoms with van der Waals surface area (Å²) in [6.45, 7) is 10.8. The molecule has 0 bridgehead atoms. The number of hydrogen-bond donors (Lipinski definition) is 1. The molecule has 0 aromatic rings. The Bertz CT molecular complexity index is 891. The van der Waals surface area contributed by atoms with Gasteiger partial charge < -0.3 is 5.11 Å². The minimum absolute atomic E-state index is 0.00109. The molecule has 1 N–H and O–H groups in total. The number of carbonyl (C=O) groups is 3. The predicted molar refractivity (Wildman–Crippen MR) is 134 cm³/mol. The summed E-state index contributed by atoms with van der Waals surface area (Å²) < 4.78 is 0. The summed E-state index contributed by atoms with van der Waals surface area (Å²) in [5, 5.41) is 10.8. The van der Waals surface area contributed by atoms with Gasteiger partial charge in [0.25, 0.3) is 0 Å². The van der Waals surface area contributed by atoms with Crippen LogP contribution >= 0.6 is 11.6 Å². The fraction of sp³-hybridized carbons (Fsp3) is 0.828. The lowest BCUT2D eigenvalue weighted by Crippen LogP contribution is -2.51. The van der Waals surface area contributed by atoms with Crippen molar-refractivity contribution in [2.45, 2.75) is 98.8 Å². The Morgan fingerprint density at radius 3 is 2.38 bits per heavy atom. The number of carbonyl (C=O) groups excluding carboxylic acids is 2. The minimum atomic E-state index is -0.792. The number of ketones is 2. The van der Waals surface area contributed by atoms with Crippen LogP contribution in [-0.4, -0.2) is 22.6 Å². The summed E-state index contributed by atoms with van der Waals surface area (Å²) in [6, 6.07) is 0. The molecule has 0 amide bonds. The Morgan fingerprint density at radius 2 is 1.76 bits per heavy atom. The molecule has 0 heterocycles. The van der Waals surface area contributed by atoms with Crippen LogP contribution in [0.25, 0.3) is 0 Å². The third-order valence-corrected chi connectivity index (χ3v) is 11.4. The SMILES string of the molecule is CCC(C(=O)CC(C(=O)O)C1CCC2C3CCC4=C(Cl)C(=O)CCC4(C)C3CCC12C)C(C)C. The van der Waals surface area contributed by atoms with Gasteiger partial charge in [-0.3, -0.25) is 14.4 Å². The maximum absolute atomic E-state index is 13.1. The molecule has 190 valence electrons. The van der Waals surface area contributed by atoms with Crippen LogP contribution in [0.15, 0.2) is 10.6 Å². The number of aliphatic carboxylic acids is 1. The second-order valence-corrected chi connectivity index (χ2v) is 13.0. The van der Waals surface area contributed by atoms with Crippen LogP contribution in [0.3, 0.4) is 0 Å². The van der Waals surface area contributed by atoms with E-state index in [0.29, 0.717) is 29.2 Å². The van der Waals surface area contributed by atoms with Crippen molar-refractivity contribution in [2.75, 3.05) is 0 Å². The highest BCUT2D eigenvalue weighted by Gasteiger charge is 2.61. The Balaban J connectivity index is 1.58. The van der Waals surface area contributed by atoms with Crippen LogP contribution in [0, 0.1) is 52.3 Å². The van der Waals surface area contributed by atoms with Crippen molar-refractivity contribution in [2.24, 2.45) is 52.3 Å². The maximum atomic E-state index is 13.1. The summed E-state index contributed by atoms with van der Waals surface area (Å²) in [5.74, 6) is 0.689. The molecule has 4 aliphatic rings. The zero-order chi connectivity index (χ0) is 25.0. The quantitative estimate of drug-likeness (QED) is 0.415. The lowest BCUT2D eigenvalue weighted by molar-refractivity contribution is -0.150.